The van der Waals surface area contributed by atoms with Gasteiger partial charge in [0, 0.05) is 5.39 Å². The van der Waals surface area contributed by atoms with E-state index in [4.69, 9.17) is 0 Å². The molecule has 0 atom stereocenters. The zero-order valence-corrected chi connectivity index (χ0v) is 14.8. The first-order valence-electron chi connectivity index (χ1n) is 7.26. The molecule has 0 spiro atoms. The summed E-state index contributed by atoms with van der Waals surface area (Å²) in [5.74, 6) is 0. The molecule has 25 heavy (non-hydrogen) atoms. The molecule has 0 saturated carbocycles. The third-order valence-electron chi connectivity index (χ3n) is 3.71. The van der Waals surface area contributed by atoms with Crippen LogP contribution < -0.4 is 4.72 Å². The van der Waals surface area contributed by atoms with Crippen molar-refractivity contribution < 1.29 is 21.4 Å². The minimum absolute atomic E-state index is 0.0273. The normalized spacial score (nSPS) is 12.2. The molecule has 0 radical (unpaired) electrons. The van der Waals surface area contributed by atoms with Gasteiger partial charge >= 0.3 is 0 Å². The number of sulfonamides is 1. The summed E-state index contributed by atoms with van der Waals surface area (Å²) in [6.07, 6.45) is 0. The lowest BCUT2D eigenvalue weighted by Crippen LogP contribution is -2.15. The molecule has 3 aromatic rings. The molecule has 0 bridgehead atoms. The van der Waals surface area contributed by atoms with Crippen molar-refractivity contribution in [2.45, 2.75) is 16.7 Å². The summed E-state index contributed by atoms with van der Waals surface area (Å²) < 4.78 is 62.5. The van der Waals surface area contributed by atoms with E-state index in [9.17, 15) is 21.4 Å². The van der Waals surface area contributed by atoms with Gasteiger partial charge in [0.15, 0.2) is 0 Å². The highest BCUT2D eigenvalue weighted by Crippen LogP contribution is 2.31. The molecule has 3 rings (SSSR count). The maximum absolute atomic E-state index is 12.5. The fourth-order valence-corrected chi connectivity index (χ4v) is 4.49. The summed E-state index contributed by atoms with van der Waals surface area (Å²) in [7, 11) is -8.93. The summed E-state index contributed by atoms with van der Waals surface area (Å²) in [5, 5.41) is 0.691. The van der Waals surface area contributed by atoms with Crippen LogP contribution in [0.5, 0.6) is 0 Å². The molecule has 130 valence electrons. The predicted molar refractivity (Wildman–Crippen MR) is 93.9 cm³/mol. The molecule has 8 heteroatoms. The number of fused-ring (bicyclic) bond motifs is 1. The van der Waals surface area contributed by atoms with E-state index >= 15 is 0 Å². The van der Waals surface area contributed by atoms with E-state index in [1.54, 1.807) is 36.4 Å². The quantitative estimate of drug-likeness (QED) is 0.705. The lowest BCUT2D eigenvalue weighted by atomic mass is 10.1. The van der Waals surface area contributed by atoms with E-state index in [1.165, 1.54) is 24.3 Å². The number of hydrogen-bond donors (Lipinski definition) is 1. The molecular weight excluding hydrogens is 362 g/mol. The standard InChI is InChI=1S/C17H15NO5S2/c1-12-6-9-14(10-7-12)24(19,20)18-16-11-8-13-4-2-3-5-15(13)17(16)25(21,22)23/h2-11,18H,1H3,(H,21,22,23)/p-1. The molecule has 1 N–H and O–H groups in total. The van der Waals surface area contributed by atoms with Gasteiger partial charge in [-0.1, -0.05) is 48.0 Å². The highest BCUT2D eigenvalue weighted by Gasteiger charge is 2.20. The van der Waals surface area contributed by atoms with Gasteiger partial charge < -0.3 is 4.55 Å². The first-order valence-corrected chi connectivity index (χ1v) is 10.1. The topological polar surface area (TPSA) is 103 Å². The van der Waals surface area contributed by atoms with Crippen LogP contribution >= 0.6 is 0 Å². The summed E-state index contributed by atoms with van der Waals surface area (Å²) in [6.45, 7) is 1.81. The minimum atomic E-state index is -4.90. The Morgan fingerprint density at radius 2 is 1.48 bits per heavy atom. The Bertz CT molecular complexity index is 1150. The fourth-order valence-electron chi connectivity index (χ4n) is 2.51. The second-order valence-corrected chi connectivity index (χ2v) is 8.53. The third-order valence-corrected chi connectivity index (χ3v) is 6.03. The van der Waals surface area contributed by atoms with Crippen molar-refractivity contribution in [3.63, 3.8) is 0 Å². The number of aryl methyl sites for hydroxylation is 1. The van der Waals surface area contributed by atoms with Crippen LogP contribution in [0.15, 0.2) is 70.5 Å². The van der Waals surface area contributed by atoms with Crippen molar-refractivity contribution in [1.29, 1.82) is 0 Å². The van der Waals surface area contributed by atoms with Crippen LogP contribution in [0, 0.1) is 6.92 Å². The Morgan fingerprint density at radius 3 is 2.12 bits per heavy atom. The molecule has 0 aromatic heterocycles. The maximum Gasteiger partial charge on any atom is 0.261 e. The Labute approximate surface area is 145 Å². The first-order chi connectivity index (χ1) is 11.7. The largest absolute Gasteiger partial charge is 0.744 e. The number of anilines is 1. The van der Waals surface area contributed by atoms with Gasteiger partial charge in [0.2, 0.25) is 0 Å². The van der Waals surface area contributed by atoms with Crippen molar-refractivity contribution in [3.05, 3.63) is 66.2 Å². The van der Waals surface area contributed by atoms with Crippen LogP contribution in [-0.4, -0.2) is 21.4 Å². The van der Waals surface area contributed by atoms with Crippen molar-refractivity contribution in [3.8, 4) is 0 Å². The molecule has 3 aromatic carbocycles. The van der Waals surface area contributed by atoms with Gasteiger partial charge in [-0.2, -0.15) is 0 Å². The molecule has 6 nitrogen and oxygen atoms in total. The monoisotopic (exact) mass is 376 g/mol. The summed E-state index contributed by atoms with van der Waals surface area (Å²) in [5.41, 5.74) is 0.613. The SMILES string of the molecule is Cc1ccc(S(=O)(=O)Nc2ccc3ccccc3c2S(=O)(=O)[O-])cc1. The zero-order valence-electron chi connectivity index (χ0n) is 13.1. The second kappa shape index (κ2) is 6.14. The van der Waals surface area contributed by atoms with E-state index in [-0.39, 0.29) is 16.0 Å². The first kappa shape index (κ1) is 17.4. The van der Waals surface area contributed by atoms with Crippen molar-refractivity contribution in [2.24, 2.45) is 0 Å². The number of nitrogens with one attached hydrogen (secondary N) is 1. The van der Waals surface area contributed by atoms with Crippen LogP contribution in [0.3, 0.4) is 0 Å². The second-order valence-electron chi connectivity index (χ2n) is 5.54. The molecule has 0 fully saturated rings. The third kappa shape index (κ3) is 3.51. The van der Waals surface area contributed by atoms with Gasteiger partial charge in [0.05, 0.1) is 15.5 Å². The van der Waals surface area contributed by atoms with Gasteiger partial charge in [-0.05, 0) is 30.5 Å². The van der Waals surface area contributed by atoms with E-state index in [1.807, 2.05) is 6.92 Å². The predicted octanol–water partition coefficient (Wildman–Crippen LogP) is 2.85. The molecule has 0 aliphatic rings. The summed E-state index contributed by atoms with van der Waals surface area (Å²) >= 11 is 0. The van der Waals surface area contributed by atoms with Crippen molar-refractivity contribution in [2.75, 3.05) is 4.72 Å². The van der Waals surface area contributed by atoms with Gasteiger partial charge in [-0.15, -0.1) is 0 Å². The Balaban J connectivity index is 2.18. The zero-order chi connectivity index (χ0) is 18.2. The van der Waals surface area contributed by atoms with E-state index in [2.05, 4.69) is 4.72 Å². The van der Waals surface area contributed by atoms with Gasteiger partial charge in [0.25, 0.3) is 10.0 Å². The molecule has 0 aliphatic carbocycles. The molecular formula is C17H14NO5S2-. The molecule has 0 unspecified atom stereocenters. The van der Waals surface area contributed by atoms with Crippen LogP contribution in [-0.2, 0) is 20.1 Å². The van der Waals surface area contributed by atoms with Crippen molar-refractivity contribution >= 4 is 36.6 Å². The summed E-state index contributed by atoms with van der Waals surface area (Å²) in [6, 6.07) is 15.3. The lowest BCUT2D eigenvalue weighted by Gasteiger charge is -2.17. The summed E-state index contributed by atoms with van der Waals surface area (Å²) in [4.78, 5) is -0.609. The maximum atomic E-state index is 12.5. The van der Waals surface area contributed by atoms with Crippen LogP contribution in [0.1, 0.15) is 5.56 Å². The number of rotatable bonds is 4. The Hall–Kier alpha value is -2.42. The molecule has 0 saturated heterocycles. The minimum Gasteiger partial charge on any atom is -0.744 e. The van der Waals surface area contributed by atoms with E-state index < -0.39 is 25.0 Å². The van der Waals surface area contributed by atoms with Crippen LogP contribution in [0.2, 0.25) is 0 Å². The Morgan fingerprint density at radius 1 is 0.840 bits per heavy atom. The molecule has 0 aliphatic heterocycles. The molecule has 0 heterocycles. The van der Waals surface area contributed by atoms with Crippen LogP contribution in [0.4, 0.5) is 5.69 Å². The molecule has 0 amide bonds. The smallest absolute Gasteiger partial charge is 0.261 e. The van der Waals surface area contributed by atoms with Crippen molar-refractivity contribution in [1.82, 2.24) is 0 Å². The lowest BCUT2D eigenvalue weighted by molar-refractivity contribution is 0.464. The average Bonchev–Trinajstić information content (AvgIpc) is 2.53. The van der Waals surface area contributed by atoms with Gasteiger partial charge in [-0.3, -0.25) is 4.72 Å². The highest BCUT2D eigenvalue weighted by atomic mass is 32.2. The highest BCUT2D eigenvalue weighted by molar-refractivity contribution is 7.93. The van der Waals surface area contributed by atoms with E-state index in [0.29, 0.717) is 5.39 Å². The fraction of sp³-hybridized carbons (Fsp3) is 0.0588. The number of hydrogen-bond acceptors (Lipinski definition) is 5. The van der Waals surface area contributed by atoms with Gasteiger partial charge in [-0.25, -0.2) is 16.8 Å². The average molecular weight is 376 g/mol. The Kier molecular flexibility index (Phi) is 4.28. The van der Waals surface area contributed by atoms with Gasteiger partial charge in [0.1, 0.15) is 10.1 Å². The number of benzene rings is 3. The van der Waals surface area contributed by atoms with E-state index in [0.717, 1.165) is 5.56 Å². The van der Waals surface area contributed by atoms with Crippen LogP contribution in [0.25, 0.3) is 10.8 Å².